The van der Waals surface area contributed by atoms with Gasteiger partial charge in [-0.2, -0.15) is 4.31 Å². The number of carboxylic acid groups (broad SMARTS) is 1. The molecule has 2 heterocycles. The molecule has 0 aliphatic carbocycles. The number of carboxylic acids is 1. The molecule has 1 aromatic rings. The molecule has 0 saturated carbocycles. The number of hydrogen-bond donors (Lipinski definition) is 1. The van der Waals surface area contributed by atoms with Crippen LogP contribution in [0.3, 0.4) is 0 Å². The van der Waals surface area contributed by atoms with Crippen molar-refractivity contribution in [1.29, 1.82) is 0 Å². The Morgan fingerprint density at radius 1 is 1.53 bits per heavy atom. The minimum absolute atomic E-state index is 0.113. The summed E-state index contributed by atoms with van der Waals surface area (Å²) in [6.07, 6.45) is 1.59. The van der Waals surface area contributed by atoms with Crippen molar-refractivity contribution >= 4 is 27.3 Å². The molecule has 1 aromatic heterocycles. The fraction of sp³-hybridized carbons (Fsp3) is 0.636. The SMILES string of the molecule is CC1CCN(S(=O)(=O)c2scnc2C(=O)O)C(C)C1. The van der Waals surface area contributed by atoms with Crippen molar-refractivity contribution in [2.75, 3.05) is 6.54 Å². The maximum atomic E-state index is 12.5. The van der Waals surface area contributed by atoms with Gasteiger partial charge >= 0.3 is 5.97 Å². The summed E-state index contributed by atoms with van der Waals surface area (Å²) in [7, 11) is -3.76. The third-order valence-electron chi connectivity index (χ3n) is 3.36. The lowest BCUT2D eigenvalue weighted by molar-refractivity contribution is 0.0687. The molecule has 2 atom stereocenters. The van der Waals surface area contributed by atoms with Crippen molar-refractivity contribution in [1.82, 2.24) is 9.29 Å². The maximum Gasteiger partial charge on any atom is 0.356 e. The Kier molecular flexibility index (Phi) is 3.93. The van der Waals surface area contributed by atoms with Crippen molar-refractivity contribution in [3.05, 3.63) is 11.2 Å². The predicted molar refractivity (Wildman–Crippen MR) is 70.8 cm³/mol. The number of rotatable bonds is 3. The Morgan fingerprint density at radius 2 is 2.21 bits per heavy atom. The van der Waals surface area contributed by atoms with Gasteiger partial charge < -0.3 is 5.11 Å². The maximum absolute atomic E-state index is 12.5. The molecule has 6 nitrogen and oxygen atoms in total. The molecule has 1 N–H and O–H groups in total. The zero-order valence-corrected chi connectivity index (χ0v) is 12.4. The molecular formula is C11H16N2O4S2. The average molecular weight is 304 g/mol. The van der Waals surface area contributed by atoms with E-state index < -0.39 is 16.0 Å². The molecular weight excluding hydrogens is 288 g/mol. The number of hydrogen-bond acceptors (Lipinski definition) is 5. The number of nitrogens with zero attached hydrogens (tertiary/aromatic N) is 2. The highest BCUT2D eigenvalue weighted by atomic mass is 32.2. The van der Waals surface area contributed by atoms with E-state index in [2.05, 4.69) is 11.9 Å². The molecule has 1 aliphatic heterocycles. The van der Waals surface area contributed by atoms with Crippen LogP contribution in [0.1, 0.15) is 37.2 Å². The minimum atomic E-state index is -3.76. The van der Waals surface area contributed by atoms with Crippen LogP contribution in [0, 0.1) is 5.92 Å². The van der Waals surface area contributed by atoms with Crippen LogP contribution in [0.25, 0.3) is 0 Å². The van der Waals surface area contributed by atoms with Crippen molar-refractivity contribution in [3.8, 4) is 0 Å². The highest BCUT2D eigenvalue weighted by Gasteiger charge is 2.37. The molecule has 0 amide bonds. The summed E-state index contributed by atoms with van der Waals surface area (Å²) in [5.41, 5.74) is 0.879. The molecule has 1 fully saturated rings. The molecule has 2 rings (SSSR count). The molecule has 19 heavy (non-hydrogen) atoms. The first kappa shape index (κ1) is 14.4. The molecule has 2 unspecified atom stereocenters. The summed E-state index contributed by atoms with van der Waals surface area (Å²) < 4.78 is 26.3. The van der Waals surface area contributed by atoms with Crippen LogP contribution >= 0.6 is 11.3 Å². The number of carbonyl (C=O) groups is 1. The molecule has 0 bridgehead atoms. The van der Waals surface area contributed by atoms with Gasteiger partial charge in [0, 0.05) is 12.6 Å². The normalized spacial score (nSPS) is 25.4. The van der Waals surface area contributed by atoms with Gasteiger partial charge in [-0.15, -0.1) is 11.3 Å². The van der Waals surface area contributed by atoms with Crippen LogP contribution in [-0.4, -0.2) is 41.4 Å². The first-order valence-corrected chi connectivity index (χ1v) is 8.34. The summed E-state index contributed by atoms with van der Waals surface area (Å²) in [6, 6.07) is -0.113. The quantitative estimate of drug-likeness (QED) is 0.917. The summed E-state index contributed by atoms with van der Waals surface area (Å²) in [4.78, 5) is 14.6. The first-order chi connectivity index (χ1) is 8.84. The van der Waals surface area contributed by atoms with E-state index in [0.717, 1.165) is 24.2 Å². The van der Waals surface area contributed by atoms with Gasteiger partial charge in [-0.05, 0) is 25.7 Å². The summed E-state index contributed by atoms with van der Waals surface area (Å²) >= 11 is 0.860. The van der Waals surface area contributed by atoms with Crippen molar-refractivity contribution in [3.63, 3.8) is 0 Å². The van der Waals surface area contributed by atoms with Crippen LogP contribution in [0.2, 0.25) is 0 Å². The highest BCUT2D eigenvalue weighted by Crippen LogP contribution is 2.31. The smallest absolute Gasteiger partial charge is 0.356 e. The number of thiazole rings is 1. The Balaban J connectivity index is 2.37. The number of aromatic nitrogens is 1. The molecule has 0 aromatic carbocycles. The Hall–Kier alpha value is -0.990. The number of piperidine rings is 1. The topological polar surface area (TPSA) is 87.6 Å². The zero-order valence-electron chi connectivity index (χ0n) is 10.7. The van der Waals surface area contributed by atoms with E-state index in [1.54, 1.807) is 0 Å². The number of aromatic carboxylic acids is 1. The molecule has 8 heteroatoms. The second-order valence-corrected chi connectivity index (χ2v) is 7.83. The second kappa shape index (κ2) is 5.18. The standard InChI is InChI=1S/C11H16N2O4S2/c1-7-3-4-13(8(2)5-7)19(16,17)11-9(10(14)15)12-6-18-11/h6-8H,3-5H2,1-2H3,(H,14,15). The fourth-order valence-corrected chi connectivity index (χ4v) is 5.32. The molecule has 1 saturated heterocycles. The van der Waals surface area contributed by atoms with Gasteiger partial charge in [-0.1, -0.05) is 6.92 Å². The molecule has 106 valence electrons. The Labute approximate surface area is 116 Å². The van der Waals surface area contributed by atoms with Gasteiger partial charge in [0.2, 0.25) is 0 Å². The minimum Gasteiger partial charge on any atom is -0.476 e. The summed E-state index contributed by atoms with van der Waals surface area (Å²) in [5, 5.41) is 8.99. The van der Waals surface area contributed by atoms with Crippen LogP contribution in [0.5, 0.6) is 0 Å². The van der Waals surface area contributed by atoms with E-state index in [1.165, 1.54) is 9.82 Å². The zero-order chi connectivity index (χ0) is 14.2. The summed E-state index contributed by atoms with van der Waals surface area (Å²) in [6.45, 7) is 4.38. The van der Waals surface area contributed by atoms with Gasteiger partial charge in [0.25, 0.3) is 10.0 Å². The van der Waals surface area contributed by atoms with Crippen molar-refractivity contribution < 1.29 is 18.3 Å². The van der Waals surface area contributed by atoms with Gasteiger partial charge in [0.05, 0.1) is 5.51 Å². The number of sulfonamides is 1. The predicted octanol–water partition coefficient (Wildman–Crippen LogP) is 1.65. The van der Waals surface area contributed by atoms with Crippen LogP contribution in [-0.2, 0) is 10.0 Å². The fourth-order valence-electron chi connectivity index (χ4n) is 2.41. The summed E-state index contributed by atoms with van der Waals surface area (Å²) in [5.74, 6) is -0.820. The van der Waals surface area contributed by atoms with Gasteiger partial charge in [0.15, 0.2) is 9.90 Å². The van der Waals surface area contributed by atoms with E-state index in [0.29, 0.717) is 12.5 Å². The lowest BCUT2D eigenvalue weighted by Gasteiger charge is -2.35. The third kappa shape index (κ3) is 2.65. The molecule has 1 aliphatic rings. The first-order valence-electron chi connectivity index (χ1n) is 6.02. The third-order valence-corrected chi connectivity index (χ3v) is 6.72. The van der Waals surface area contributed by atoms with Crippen LogP contribution in [0.4, 0.5) is 0 Å². The van der Waals surface area contributed by atoms with Gasteiger partial charge in [-0.25, -0.2) is 18.2 Å². The molecule has 0 spiro atoms. The monoisotopic (exact) mass is 304 g/mol. The average Bonchev–Trinajstić information content (AvgIpc) is 2.77. The Bertz CT molecular complexity index is 581. The highest BCUT2D eigenvalue weighted by molar-refractivity contribution is 7.91. The van der Waals surface area contributed by atoms with E-state index in [9.17, 15) is 13.2 Å². The van der Waals surface area contributed by atoms with Gasteiger partial charge in [0.1, 0.15) is 0 Å². The second-order valence-electron chi connectivity index (χ2n) is 4.89. The van der Waals surface area contributed by atoms with Crippen molar-refractivity contribution in [2.24, 2.45) is 5.92 Å². The lowest BCUT2D eigenvalue weighted by atomic mass is 9.95. The van der Waals surface area contributed by atoms with Crippen LogP contribution < -0.4 is 0 Å². The van der Waals surface area contributed by atoms with E-state index >= 15 is 0 Å². The van der Waals surface area contributed by atoms with E-state index in [-0.39, 0.29) is 15.9 Å². The van der Waals surface area contributed by atoms with Crippen LogP contribution in [0.15, 0.2) is 9.72 Å². The van der Waals surface area contributed by atoms with E-state index in [4.69, 9.17) is 5.11 Å². The molecule has 0 radical (unpaired) electrons. The lowest BCUT2D eigenvalue weighted by Crippen LogP contribution is -2.44. The van der Waals surface area contributed by atoms with Crippen molar-refractivity contribution in [2.45, 2.75) is 36.9 Å². The van der Waals surface area contributed by atoms with Gasteiger partial charge in [-0.3, -0.25) is 0 Å². The Morgan fingerprint density at radius 3 is 2.79 bits per heavy atom. The van der Waals surface area contributed by atoms with E-state index in [1.807, 2.05) is 6.92 Å². The largest absolute Gasteiger partial charge is 0.476 e.